The van der Waals surface area contributed by atoms with Crippen LogP contribution in [0.3, 0.4) is 0 Å². The number of benzene rings is 1. The minimum Gasteiger partial charge on any atom is -0.479 e. The first-order chi connectivity index (χ1) is 9.38. The Kier molecular flexibility index (Phi) is 5.67. The van der Waals surface area contributed by atoms with Crippen molar-refractivity contribution in [2.45, 2.75) is 19.4 Å². The zero-order valence-corrected chi connectivity index (χ0v) is 10.9. The second kappa shape index (κ2) is 7.25. The highest BCUT2D eigenvalue weighted by Gasteiger charge is 2.14. The lowest BCUT2D eigenvalue weighted by Gasteiger charge is -2.08. The molecule has 2 amide bonds. The van der Waals surface area contributed by atoms with Crippen LogP contribution in [-0.2, 0) is 20.8 Å². The van der Waals surface area contributed by atoms with Crippen molar-refractivity contribution in [3.05, 3.63) is 29.8 Å². The van der Waals surface area contributed by atoms with Gasteiger partial charge in [0.15, 0.2) is 6.10 Å². The molecule has 1 rings (SSSR count). The Bertz CT molecular complexity index is 498. The third-order valence-electron chi connectivity index (χ3n) is 2.42. The minimum absolute atomic E-state index is 0.0622. The Hall–Kier alpha value is -2.41. The number of carboxylic acid groups (broad SMARTS) is 1. The van der Waals surface area contributed by atoms with Gasteiger partial charge in [-0.2, -0.15) is 0 Å². The van der Waals surface area contributed by atoms with E-state index < -0.39 is 18.0 Å². The van der Waals surface area contributed by atoms with E-state index in [1.54, 1.807) is 24.3 Å². The number of rotatable bonds is 6. The van der Waals surface area contributed by atoms with E-state index in [4.69, 9.17) is 10.2 Å². The quantitative estimate of drug-likeness (QED) is 0.573. The molecule has 0 saturated carbocycles. The molecule has 0 saturated heterocycles. The second-order valence-electron chi connectivity index (χ2n) is 4.21. The van der Waals surface area contributed by atoms with Gasteiger partial charge in [-0.05, 0) is 17.7 Å². The highest BCUT2D eigenvalue weighted by atomic mass is 16.4. The lowest BCUT2D eigenvalue weighted by Crippen LogP contribution is -2.37. The average Bonchev–Trinajstić information content (AvgIpc) is 2.37. The van der Waals surface area contributed by atoms with E-state index in [9.17, 15) is 14.4 Å². The Labute approximate surface area is 115 Å². The Morgan fingerprint density at radius 2 is 1.80 bits per heavy atom. The van der Waals surface area contributed by atoms with Crippen LogP contribution in [0.1, 0.15) is 12.5 Å². The normalized spacial score (nSPS) is 11.5. The van der Waals surface area contributed by atoms with Crippen LogP contribution < -0.4 is 10.6 Å². The third kappa shape index (κ3) is 5.49. The number of carboxylic acids is 1. The first-order valence-corrected chi connectivity index (χ1v) is 5.92. The molecule has 0 fully saturated rings. The van der Waals surface area contributed by atoms with Crippen molar-refractivity contribution < 1.29 is 24.6 Å². The monoisotopic (exact) mass is 280 g/mol. The van der Waals surface area contributed by atoms with Gasteiger partial charge >= 0.3 is 5.97 Å². The minimum atomic E-state index is -1.61. The number of nitrogens with one attached hydrogen (secondary N) is 2. The number of hydrogen-bond donors (Lipinski definition) is 4. The molecule has 1 atom stereocenters. The summed E-state index contributed by atoms with van der Waals surface area (Å²) in [7, 11) is 0. The van der Waals surface area contributed by atoms with Crippen molar-refractivity contribution in [2.75, 3.05) is 11.9 Å². The molecule has 108 valence electrons. The summed E-state index contributed by atoms with van der Waals surface area (Å²) < 4.78 is 0. The molecule has 0 aliphatic carbocycles. The third-order valence-corrected chi connectivity index (χ3v) is 2.42. The number of aliphatic carboxylic acids is 1. The zero-order valence-electron chi connectivity index (χ0n) is 10.9. The maximum absolute atomic E-state index is 11.5. The van der Waals surface area contributed by atoms with Crippen LogP contribution >= 0.6 is 0 Å². The number of carbonyl (C=O) groups is 3. The van der Waals surface area contributed by atoms with Gasteiger partial charge in [0.1, 0.15) is 0 Å². The van der Waals surface area contributed by atoms with Crippen molar-refractivity contribution in [1.29, 1.82) is 0 Å². The smallest absolute Gasteiger partial charge is 0.334 e. The molecule has 1 unspecified atom stereocenters. The van der Waals surface area contributed by atoms with Crippen molar-refractivity contribution in [2.24, 2.45) is 0 Å². The van der Waals surface area contributed by atoms with Crippen molar-refractivity contribution in [3.8, 4) is 0 Å². The molecule has 20 heavy (non-hydrogen) atoms. The number of carbonyl (C=O) groups excluding carboxylic acids is 2. The Morgan fingerprint density at radius 3 is 2.30 bits per heavy atom. The standard InChI is InChI=1S/C13H16N2O5/c1-8(16)15-10-4-2-9(3-5-10)6-12(18)14-7-11(17)13(19)20/h2-5,11,17H,6-7H2,1H3,(H,14,18)(H,15,16)(H,19,20). The fourth-order valence-corrected chi connectivity index (χ4v) is 1.45. The molecule has 0 aromatic heterocycles. The van der Waals surface area contributed by atoms with Gasteiger partial charge in [0.2, 0.25) is 11.8 Å². The molecular weight excluding hydrogens is 264 g/mol. The molecule has 7 heteroatoms. The molecule has 4 N–H and O–H groups in total. The predicted molar refractivity (Wildman–Crippen MR) is 71.1 cm³/mol. The molecule has 0 radical (unpaired) electrons. The molecule has 1 aromatic carbocycles. The molecule has 0 heterocycles. The average molecular weight is 280 g/mol. The van der Waals surface area contributed by atoms with Crippen LogP contribution in [0.5, 0.6) is 0 Å². The van der Waals surface area contributed by atoms with E-state index >= 15 is 0 Å². The number of amides is 2. The van der Waals surface area contributed by atoms with Crippen molar-refractivity contribution >= 4 is 23.5 Å². The van der Waals surface area contributed by atoms with E-state index in [1.807, 2.05) is 0 Å². The number of anilines is 1. The summed E-state index contributed by atoms with van der Waals surface area (Å²) >= 11 is 0. The van der Waals surface area contributed by atoms with Gasteiger partial charge in [0.25, 0.3) is 0 Å². The summed E-state index contributed by atoms with van der Waals surface area (Å²) in [5.41, 5.74) is 1.34. The van der Waals surface area contributed by atoms with Crippen LogP contribution in [0.15, 0.2) is 24.3 Å². The molecule has 0 aliphatic rings. The summed E-state index contributed by atoms with van der Waals surface area (Å²) in [5.74, 6) is -1.96. The van der Waals surface area contributed by atoms with Gasteiger partial charge in [-0.3, -0.25) is 9.59 Å². The summed E-state index contributed by atoms with van der Waals surface area (Å²) in [5, 5.41) is 22.4. The van der Waals surface area contributed by atoms with Crippen LogP contribution in [0.25, 0.3) is 0 Å². The maximum Gasteiger partial charge on any atom is 0.334 e. The highest BCUT2D eigenvalue weighted by molar-refractivity contribution is 5.88. The fraction of sp³-hybridized carbons (Fsp3) is 0.308. The van der Waals surface area contributed by atoms with Gasteiger partial charge < -0.3 is 20.8 Å². The largest absolute Gasteiger partial charge is 0.479 e. The van der Waals surface area contributed by atoms with Gasteiger partial charge in [0, 0.05) is 12.6 Å². The topological polar surface area (TPSA) is 116 Å². The lowest BCUT2D eigenvalue weighted by molar-refractivity contribution is -0.146. The van der Waals surface area contributed by atoms with E-state index in [0.29, 0.717) is 11.3 Å². The zero-order chi connectivity index (χ0) is 15.1. The first-order valence-electron chi connectivity index (χ1n) is 5.92. The predicted octanol–water partition coefficient (Wildman–Crippen LogP) is -0.251. The van der Waals surface area contributed by atoms with Gasteiger partial charge in [0.05, 0.1) is 13.0 Å². The number of aliphatic hydroxyl groups is 1. The van der Waals surface area contributed by atoms with E-state index in [2.05, 4.69) is 10.6 Å². The first kappa shape index (κ1) is 15.6. The summed E-state index contributed by atoms with van der Waals surface area (Å²) in [6.45, 7) is 1.06. The number of aliphatic hydroxyl groups excluding tert-OH is 1. The summed E-state index contributed by atoms with van der Waals surface area (Å²) in [6.07, 6.45) is -1.55. The molecule has 1 aromatic rings. The molecule has 0 spiro atoms. The Morgan fingerprint density at radius 1 is 1.20 bits per heavy atom. The molecule has 0 aliphatic heterocycles. The van der Waals surface area contributed by atoms with Crippen LogP contribution in [-0.4, -0.2) is 40.6 Å². The van der Waals surface area contributed by atoms with Crippen molar-refractivity contribution in [3.63, 3.8) is 0 Å². The van der Waals surface area contributed by atoms with E-state index in [-0.39, 0.29) is 18.9 Å². The lowest BCUT2D eigenvalue weighted by atomic mass is 10.1. The SMILES string of the molecule is CC(=O)Nc1ccc(CC(=O)NCC(O)C(=O)O)cc1. The van der Waals surface area contributed by atoms with E-state index in [1.165, 1.54) is 6.92 Å². The highest BCUT2D eigenvalue weighted by Crippen LogP contribution is 2.09. The fourth-order valence-electron chi connectivity index (χ4n) is 1.45. The molecule has 0 bridgehead atoms. The maximum atomic E-state index is 11.5. The molecule has 7 nitrogen and oxygen atoms in total. The second-order valence-corrected chi connectivity index (χ2v) is 4.21. The van der Waals surface area contributed by atoms with Crippen LogP contribution in [0, 0.1) is 0 Å². The van der Waals surface area contributed by atoms with Crippen LogP contribution in [0.2, 0.25) is 0 Å². The summed E-state index contributed by atoms with van der Waals surface area (Å²) in [6, 6.07) is 6.68. The summed E-state index contributed by atoms with van der Waals surface area (Å²) in [4.78, 5) is 32.7. The van der Waals surface area contributed by atoms with Gasteiger partial charge in [-0.1, -0.05) is 12.1 Å². The van der Waals surface area contributed by atoms with Gasteiger partial charge in [-0.15, -0.1) is 0 Å². The Balaban J connectivity index is 2.46. The molecular formula is C13H16N2O5. The van der Waals surface area contributed by atoms with Crippen LogP contribution in [0.4, 0.5) is 5.69 Å². The van der Waals surface area contributed by atoms with Gasteiger partial charge in [-0.25, -0.2) is 4.79 Å². The number of hydrogen-bond acceptors (Lipinski definition) is 4. The van der Waals surface area contributed by atoms with E-state index in [0.717, 1.165) is 0 Å². The van der Waals surface area contributed by atoms with Crippen molar-refractivity contribution in [1.82, 2.24) is 5.32 Å².